The van der Waals surface area contributed by atoms with Crippen molar-refractivity contribution in [3.8, 4) is 0 Å². The molecule has 0 saturated carbocycles. The van der Waals surface area contributed by atoms with Gasteiger partial charge in [-0.2, -0.15) is 11.1 Å². The van der Waals surface area contributed by atoms with Gasteiger partial charge in [-0.3, -0.25) is 0 Å². The minimum Gasteiger partial charge on any atom is -0.394 e. The van der Waals surface area contributed by atoms with Gasteiger partial charge in [0.15, 0.2) is 12.6 Å². The van der Waals surface area contributed by atoms with Crippen molar-refractivity contribution in [1.82, 2.24) is 16.6 Å². The van der Waals surface area contributed by atoms with E-state index in [1.165, 1.54) is 16.6 Å². The second kappa shape index (κ2) is 12.1. The van der Waals surface area contributed by atoms with Gasteiger partial charge in [0, 0.05) is 6.42 Å². The molecule has 13 nitrogen and oxygen atoms in total. The van der Waals surface area contributed by atoms with Crippen LogP contribution >= 0.6 is 8.15 Å². The van der Waals surface area contributed by atoms with Gasteiger partial charge in [0.25, 0.3) is 0 Å². The summed E-state index contributed by atoms with van der Waals surface area (Å²) < 4.78 is 61.4. The van der Waals surface area contributed by atoms with Crippen LogP contribution in [0.25, 0.3) is 0 Å². The van der Waals surface area contributed by atoms with Crippen LogP contribution in [0.2, 0.25) is 0 Å². The third-order valence-corrected chi connectivity index (χ3v) is 7.78. The van der Waals surface area contributed by atoms with E-state index in [0.717, 1.165) is 0 Å². The highest BCUT2D eigenvalue weighted by molar-refractivity contribution is 7.53. The van der Waals surface area contributed by atoms with E-state index in [2.05, 4.69) is 0 Å². The molecule has 0 bridgehead atoms. The van der Waals surface area contributed by atoms with Crippen LogP contribution in [0.3, 0.4) is 0 Å². The summed E-state index contributed by atoms with van der Waals surface area (Å²) in [6.07, 6.45) is -13.3. The summed E-state index contributed by atoms with van der Waals surface area (Å²) in [6, 6.07) is -1.28. The van der Waals surface area contributed by atoms with Gasteiger partial charge in [-0.15, -0.1) is 19.0 Å². The van der Waals surface area contributed by atoms with Gasteiger partial charge in [-0.1, -0.05) is 0 Å². The lowest BCUT2D eigenvalue weighted by molar-refractivity contribution is -0.284. The molecule has 3 aliphatic heterocycles. The van der Waals surface area contributed by atoms with Crippen LogP contribution in [0, 0.1) is 0 Å². The van der Waals surface area contributed by atoms with Crippen LogP contribution in [-0.4, -0.2) is 117 Å². The Hall–Kier alpha value is -0.300. The van der Waals surface area contributed by atoms with Gasteiger partial charge in [0.05, 0.1) is 39.2 Å². The molecule has 3 fully saturated rings. The van der Waals surface area contributed by atoms with Gasteiger partial charge < -0.3 is 49.4 Å². The monoisotopic (exact) mass is 511 g/mol. The molecule has 0 aromatic carbocycles. The predicted molar refractivity (Wildman–Crippen MR) is 102 cm³/mol. The molecule has 194 valence electrons. The quantitative estimate of drug-likeness (QED) is 0.112. The van der Waals surface area contributed by atoms with Crippen molar-refractivity contribution in [2.75, 3.05) is 13.2 Å². The molecule has 13 atom stereocenters. The van der Waals surface area contributed by atoms with E-state index < -0.39 is 94.3 Å². The van der Waals surface area contributed by atoms with Crippen molar-refractivity contribution in [1.29, 1.82) is 0 Å². The Morgan fingerprint density at radius 3 is 2.21 bits per heavy atom. The van der Waals surface area contributed by atoms with E-state index in [1.807, 2.05) is 0 Å². The van der Waals surface area contributed by atoms with Gasteiger partial charge in [0.2, 0.25) is 0 Å². The first-order valence-electron chi connectivity index (χ1n) is 10.2. The van der Waals surface area contributed by atoms with Crippen molar-refractivity contribution in [2.24, 2.45) is 0 Å². The van der Waals surface area contributed by atoms with Crippen LogP contribution in [0.4, 0.5) is 13.4 Å². The Bertz CT molecular complexity index is 624. The predicted octanol–water partition coefficient (Wildman–Crippen LogP) is -3.10. The largest absolute Gasteiger partial charge is 0.394 e. The highest BCUT2D eigenvalue weighted by Gasteiger charge is 2.52. The van der Waals surface area contributed by atoms with Crippen LogP contribution in [-0.2, 0) is 18.9 Å². The molecular weight excluding hydrogens is 482 g/mol. The number of hydrogen-bond donors (Lipinski definition) is 9. The number of rotatable bonds is 9. The lowest BCUT2D eigenvalue weighted by Crippen LogP contribution is -2.58. The minimum atomic E-state index is -2.44. The summed E-state index contributed by atoms with van der Waals surface area (Å²) in [5, 5.41) is 49.3. The zero-order valence-corrected chi connectivity index (χ0v) is 18.0. The number of ether oxygens (including phenoxy) is 4. The van der Waals surface area contributed by atoms with Crippen molar-refractivity contribution in [3.05, 3.63) is 0 Å². The lowest BCUT2D eigenvalue weighted by Gasteiger charge is -2.46. The Labute approximate surface area is 187 Å². The summed E-state index contributed by atoms with van der Waals surface area (Å²) in [5.74, 6) is -2.77. The molecule has 17 heteroatoms. The molecule has 0 spiro atoms. The fourth-order valence-electron chi connectivity index (χ4n) is 4.05. The number of aliphatic hydroxyl groups excluding tert-OH is 5. The molecule has 33 heavy (non-hydrogen) atoms. The Kier molecular flexibility index (Phi) is 10.0. The standard InChI is InChI=1S/C16H29F3N3O10P/c17-20-3-7-11(25)6(24)2-10(29-7)31-14-5(21-18)1-9(22-19)33(28)16(14)32-15-13(27)12(26)8(4-23)30-15/h5-16,20-28H,1-4H2. The van der Waals surface area contributed by atoms with Crippen molar-refractivity contribution in [2.45, 2.75) is 85.8 Å². The van der Waals surface area contributed by atoms with Gasteiger partial charge in [-0.05, 0) is 6.42 Å². The molecular formula is C16H29F3N3O10P. The SMILES string of the molecule is OCC1OC(OC2C(OC3CC(O)C(O)C(CNF)O3)C(NF)CC(NF)P2O)C(O)C1O. The van der Waals surface area contributed by atoms with Gasteiger partial charge >= 0.3 is 0 Å². The summed E-state index contributed by atoms with van der Waals surface area (Å²) >= 11 is 0. The Morgan fingerprint density at radius 2 is 1.64 bits per heavy atom. The molecule has 0 aliphatic carbocycles. The van der Waals surface area contributed by atoms with Crippen molar-refractivity contribution >= 4 is 8.15 Å². The van der Waals surface area contributed by atoms with Gasteiger partial charge in [0.1, 0.15) is 42.5 Å². The van der Waals surface area contributed by atoms with E-state index in [9.17, 15) is 43.9 Å². The molecule has 3 saturated heterocycles. The minimum absolute atomic E-state index is 0.297. The maximum absolute atomic E-state index is 13.6. The highest BCUT2D eigenvalue weighted by Crippen LogP contribution is 2.52. The Morgan fingerprint density at radius 1 is 0.909 bits per heavy atom. The zero-order chi connectivity index (χ0) is 24.3. The molecule has 0 aromatic rings. The first-order valence-corrected chi connectivity index (χ1v) is 11.7. The molecule has 0 aromatic heterocycles. The maximum atomic E-state index is 13.6. The van der Waals surface area contributed by atoms with Crippen molar-refractivity contribution < 1.29 is 62.8 Å². The summed E-state index contributed by atoms with van der Waals surface area (Å²) in [5.41, 5.74) is 4.10. The smallest absolute Gasteiger partial charge is 0.187 e. The lowest BCUT2D eigenvalue weighted by atomic mass is 10.0. The normalized spacial score (nSPS) is 48.8. The molecule has 0 radical (unpaired) electrons. The van der Waals surface area contributed by atoms with Crippen LogP contribution in [0.1, 0.15) is 12.8 Å². The zero-order valence-electron chi connectivity index (χ0n) is 17.2. The molecule has 0 amide bonds. The fraction of sp³-hybridized carbons (Fsp3) is 1.00. The molecule has 3 aliphatic rings. The number of halogens is 3. The molecule has 3 heterocycles. The van der Waals surface area contributed by atoms with Crippen LogP contribution in [0.5, 0.6) is 0 Å². The topological polar surface area (TPSA) is 194 Å². The molecule has 9 N–H and O–H groups in total. The molecule has 3 rings (SSSR count). The second-order valence-electron chi connectivity index (χ2n) is 8.03. The van der Waals surface area contributed by atoms with Crippen LogP contribution in [0.15, 0.2) is 0 Å². The fourth-order valence-corrected chi connectivity index (χ4v) is 5.77. The summed E-state index contributed by atoms with van der Waals surface area (Å²) in [4.78, 5) is 10.7. The van der Waals surface area contributed by atoms with Gasteiger partial charge in [-0.25, -0.2) is 0 Å². The second-order valence-corrected chi connectivity index (χ2v) is 9.92. The average Bonchev–Trinajstić information content (AvgIpc) is 3.07. The summed E-state index contributed by atoms with van der Waals surface area (Å²) in [6.45, 7) is -1.14. The van der Waals surface area contributed by atoms with Crippen LogP contribution < -0.4 is 16.6 Å². The number of hydrogen-bond acceptors (Lipinski definition) is 13. The van der Waals surface area contributed by atoms with E-state index in [4.69, 9.17) is 18.9 Å². The average molecular weight is 511 g/mol. The maximum Gasteiger partial charge on any atom is 0.187 e. The van der Waals surface area contributed by atoms with E-state index in [-0.39, 0.29) is 12.8 Å². The first kappa shape index (κ1) is 27.3. The van der Waals surface area contributed by atoms with E-state index >= 15 is 0 Å². The number of nitrogens with one attached hydrogen (secondary N) is 3. The van der Waals surface area contributed by atoms with E-state index in [0.29, 0.717) is 0 Å². The first-order chi connectivity index (χ1) is 15.7. The van der Waals surface area contributed by atoms with E-state index in [1.54, 1.807) is 0 Å². The Balaban J connectivity index is 1.79. The van der Waals surface area contributed by atoms with Crippen molar-refractivity contribution in [3.63, 3.8) is 0 Å². The summed E-state index contributed by atoms with van der Waals surface area (Å²) in [7, 11) is -2.44. The highest BCUT2D eigenvalue weighted by atomic mass is 31.1. The number of aliphatic hydroxyl groups is 5. The molecule has 13 unspecified atom stereocenters. The third-order valence-electron chi connectivity index (χ3n) is 5.90. The third kappa shape index (κ3) is 5.92.